The Morgan fingerprint density at radius 2 is 1.83 bits per heavy atom. The summed E-state index contributed by atoms with van der Waals surface area (Å²) >= 11 is 0. The van der Waals surface area contributed by atoms with Crippen molar-refractivity contribution in [1.82, 2.24) is 4.90 Å². The summed E-state index contributed by atoms with van der Waals surface area (Å²) in [6.07, 6.45) is -0.0842. The van der Waals surface area contributed by atoms with Gasteiger partial charge in [-0.3, -0.25) is 4.79 Å². The molecule has 0 aliphatic carbocycles. The predicted octanol–water partition coefficient (Wildman–Crippen LogP) is 3.02. The minimum atomic E-state index is -0.620. The molecule has 1 saturated heterocycles. The monoisotopic (exact) mass is 346 g/mol. The number of rotatable bonds is 3. The van der Waals surface area contributed by atoms with Crippen LogP contribution in [0.3, 0.4) is 0 Å². The third-order valence-electron chi connectivity index (χ3n) is 4.25. The quantitative estimate of drug-likeness (QED) is 0.929. The summed E-state index contributed by atoms with van der Waals surface area (Å²) in [5.74, 6) is -0.0434. The van der Waals surface area contributed by atoms with Crippen LogP contribution in [-0.2, 0) is 9.53 Å². The zero-order valence-electron chi connectivity index (χ0n) is 13.7. The number of morpholine rings is 1. The average Bonchev–Trinajstić information content (AvgIpc) is 2.62. The maximum atomic E-state index is 12.7. The molecule has 4 nitrogen and oxygen atoms in total. The zero-order valence-corrected chi connectivity index (χ0v) is 14.5. The smallest absolute Gasteiger partial charge is 0.244 e. The minimum absolute atomic E-state index is 0. The van der Waals surface area contributed by atoms with Crippen LogP contribution in [-0.4, -0.2) is 30.5 Å². The van der Waals surface area contributed by atoms with E-state index in [2.05, 4.69) is 0 Å². The Labute approximate surface area is 149 Å². The topological polar surface area (TPSA) is 55.6 Å². The fraction of sp³-hybridized carbons (Fsp3) is 0.316. The molecule has 1 heterocycles. The van der Waals surface area contributed by atoms with Crippen LogP contribution in [0.2, 0.25) is 0 Å². The van der Waals surface area contributed by atoms with E-state index >= 15 is 0 Å². The molecule has 0 aromatic heterocycles. The molecule has 0 saturated carbocycles. The highest BCUT2D eigenvalue weighted by Crippen LogP contribution is 2.24. The first-order valence-corrected chi connectivity index (χ1v) is 7.92. The van der Waals surface area contributed by atoms with Crippen LogP contribution in [0.25, 0.3) is 0 Å². The van der Waals surface area contributed by atoms with Crippen molar-refractivity contribution in [3.05, 3.63) is 71.3 Å². The molecular formula is C19H23ClN2O2. The second kappa shape index (κ2) is 8.29. The largest absolute Gasteiger partial charge is 0.370 e. The second-order valence-corrected chi connectivity index (χ2v) is 5.94. The van der Waals surface area contributed by atoms with Crippen molar-refractivity contribution in [2.75, 3.05) is 19.7 Å². The van der Waals surface area contributed by atoms with Crippen molar-refractivity contribution in [2.45, 2.75) is 19.1 Å². The van der Waals surface area contributed by atoms with Gasteiger partial charge in [0.2, 0.25) is 5.91 Å². The van der Waals surface area contributed by atoms with E-state index in [1.54, 1.807) is 0 Å². The fourth-order valence-corrected chi connectivity index (χ4v) is 2.83. The fourth-order valence-electron chi connectivity index (χ4n) is 2.83. The van der Waals surface area contributed by atoms with Crippen LogP contribution < -0.4 is 5.73 Å². The summed E-state index contributed by atoms with van der Waals surface area (Å²) in [7, 11) is 0. The summed E-state index contributed by atoms with van der Waals surface area (Å²) in [6.45, 7) is 3.68. The van der Waals surface area contributed by atoms with Gasteiger partial charge in [0.25, 0.3) is 0 Å². The molecule has 0 bridgehead atoms. The molecule has 128 valence electrons. The molecule has 2 N–H and O–H groups in total. The summed E-state index contributed by atoms with van der Waals surface area (Å²) in [6, 6.07) is 17.2. The average molecular weight is 347 g/mol. The molecule has 24 heavy (non-hydrogen) atoms. The summed E-state index contributed by atoms with van der Waals surface area (Å²) in [5, 5.41) is 0. The highest BCUT2D eigenvalue weighted by atomic mass is 35.5. The number of carbonyl (C=O) groups excluding carboxylic acids is 1. The van der Waals surface area contributed by atoms with Crippen LogP contribution in [0.15, 0.2) is 54.6 Å². The van der Waals surface area contributed by atoms with Gasteiger partial charge < -0.3 is 15.4 Å². The van der Waals surface area contributed by atoms with Gasteiger partial charge >= 0.3 is 0 Å². The van der Waals surface area contributed by atoms with Crippen LogP contribution in [0.5, 0.6) is 0 Å². The van der Waals surface area contributed by atoms with Crippen molar-refractivity contribution in [2.24, 2.45) is 5.73 Å². The van der Waals surface area contributed by atoms with Gasteiger partial charge in [0, 0.05) is 6.54 Å². The lowest BCUT2D eigenvalue weighted by molar-refractivity contribution is -0.140. The zero-order chi connectivity index (χ0) is 16.2. The number of carbonyl (C=O) groups is 1. The Hall–Kier alpha value is -1.88. The number of benzene rings is 2. The van der Waals surface area contributed by atoms with Gasteiger partial charge in [-0.05, 0) is 18.1 Å². The Kier molecular flexibility index (Phi) is 6.37. The number of hydrogen-bond donors (Lipinski definition) is 1. The Morgan fingerprint density at radius 3 is 2.50 bits per heavy atom. The van der Waals surface area contributed by atoms with Crippen LogP contribution in [0.4, 0.5) is 0 Å². The first-order chi connectivity index (χ1) is 11.1. The lowest BCUT2D eigenvalue weighted by Crippen LogP contribution is -2.46. The van der Waals surface area contributed by atoms with Gasteiger partial charge in [-0.1, -0.05) is 60.2 Å². The molecule has 0 radical (unpaired) electrons. The van der Waals surface area contributed by atoms with Crippen molar-refractivity contribution < 1.29 is 9.53 Å². The van der Waals surface area contributed by atoms with Crippen molar-refractivity contribution in [1.29, 1.82) is 0 Å². The molecule has 1 fully saturated rings. The van der Waals surface area contributed by atoms with E-state index in [0.717, 1.165) is 16.7 Å². The maximum absolute atomic E-state index is 12.7. The van der Waals surface area contributed by atoms with Gasteiger partial charge in [0.15, 0.2) is 0 Å². The van der Waals surface area contributed by atoms with Gasteiger partial charge in [-0.25, -0.2) is 0 Å². The van der Waals surface area contributed by atoms with E-state index in [1.165, 1.54) is 0 Å². The lowest BCUT2D eigenvalue weighted by Gasteiger charge is -2.34. The molecule has 2 unspecified atom stereocenters. The summed E-state index contributed by atoms with van der Waals surface area (Å²) in [4.78, 5) is 14.5. The van der Waals surface area contributed by atoms with Crippen LogP contribution in [0, 0.1) is 6.92 Å². The Morgan fingerprint density at radius 1 is 1.17 bits per heavy atom. The number of halogens is 1. The molecule has 0 spiro atoms. The first kappa shape index (κ1) is 18.5. The highest BCUT2D eigenvalue weighted by Gasteiger charge is 2.29. The van der Waals surface area contributed by atoms with Gasteiger partial charge in [-0.15, -0.1) is 12.4 Å². The normalized spacial score (nSPS) is 18.6. The van der Waals surface area contributed by atoms with Crippen molar-refractivity contribution in [3.63, 3.8) is 0 Å². The van der Waals surface area contributed by atoms with Gasteiger partial charge in [0.1, 0.15) is 12.1 Å². The molecule has 2 atom stereocenters. The van der Waals surface area contributed by atoms with Gasteiger partial charge in [0.05, 0.1) is 13.2 Å². The minimum Gasteiger partial charge on any atom is -0.370 e. The molecule has 3 rings (SSSR count). The Bertz CT molecular complexity index is 661. The number of nitrogens with zero attached hydrogens (tertiary/aromatic N) is 1. The number of amides is 1. The van der Waals surface area contributed by atoms with Gasteiger partial charge in [-0.2, -0.15) is 0 Å². The molecule has 1 aliphatic heterocycles. The maximum Gasteiger partial charge on any atom is 0.244 e. The molecule has 1 aliphatic rings. The predicted molar refractivity (Wildman–Crippen MR) is 97.1 cm³/mol. The number of nitrogens with two attached hydrogens (primary N) is 1. The number of hydrogen-bond acceptors (Lipinski definition) is 3. The highest BCUT2D eigenvalue weighted by molar-refractivity contribution is 5.85. The summed E-state index contributed by atoms with van der Waals surface area (Å²) < 4.78 is 5.81. The molecule has 1 amide bonds. The van der Waals surface area contributed by atoms with Crippen LogP contribution >= 0.6 is 12.4 Å². The number of aryl methyl sites for hydroxylation is 1. The van der Waals surface area contributed by atoms with E-state index in [-0.39, 0.29) is 24.4 Å². The number of ether oxygens (including phenoxy) is 1. The van der Waals surface area contributed by atoms with Crippen molar-refractivity contribution in [3.8, 4) is 0 Å². The molecule has 2 aromatic carbocycles. The Balaban J connectivity index is 0.00000208. The van der Waals surface area contributed by atoms with E-state index < -0.39 is 6.04 Å². The van der Waals surface area contributed by atoms with E-state index in [9.17, 15) is 4.79 Å². The second-order valence-electron chi connectivity index (χ2n) is 5.94. The SMILES string of the molecule is Cc1ccc(C(N)C(=O)N2CCOC(c3ccccc3)C2)cc1.Cl. The van der Waals surface area contributed by atoms with E-state index in [0.29, 0.717) is 19.7 Å². The first-order valence-electron chi connectivity index (χ1n) is 7.92. The third-order valence-corrected chi connectivity index (χ3v) is 4.25. The van der Waals surface area contributed by atoms with E-state index in [4.69, 9.17) is 10.5 Å². The summed E-state index contributed by atoms with van der Waals surface area (Å²) in [5.41, 5.74) is 9.27. The molecule has 5 heteroatoms. The third kappa shape index (κ3) is 4.15. The van der Waals surface area contributed by atoms with Crippen molar-refractivity contribution >= 4 is 18.3 Å². The van der Waals surface area contributed by atoms with Crippen LogP contribution in [0.1, 0.15) is 28.8 Å². The lowest BCUT2D eigenvalue weighted by atomic mass is 10.0. The molecule has 2 aromatic rings. The standard InChI is InChI=1S/C19H22N2O2.ClH/c1-14-7-9-16(10-8-14)18(20)19(22)21-11-12-23-17(13-21)15-5-3-2-4-6-15;/h2-10,17-18H,11-13,20H2,1H3;1H. The van der Waals surface area contributed by atoms with E-state index in [1.807, 2.05) is 66.4 Å². The molecular weight excluding hydrogens is 324 g/mol.